The van der Waals surface area contributed by atoms with Crippen LogP contribution in [0.4, 0.5) is 4.39 Å². The number of rotatable bonds is 7. The highest BCUT2D eigenvalue weighted by molar-refractivity contribution is 5.79. The Hall–Kier alpha value is -2.11. The first kappa shape index (κ1) is 20.9. The second kappa shape index (κ2) is 8.83. The van der Waals surface area contributed by atoms with E-state index in [1.54, 1.807) is 47.6 Å². The van der Waals surface area contributed by atoms with E-state index >= 15 is 0 Å². The number of hydrogen-bond donors (Lipinski definition) is 0. The fourth-order valence-electron chi connectivity index (χ4n) is 1.96. The Kier molecular flexibility index (Phi) is 7.39. The first-order valence-corrected chi connectivity index (χ1v) is 8.32. The molecule has 0 bridgehead atoms. The summed E-state index contributed by atoms with van der Waals surface area (Å²) >= 11 is 0. The van der Waals surface area contributed by atoms with Gasteiger partial charge >= 0.3 is 11.9 Å². The van der Waals surface area contributed by atoms with E-state index in [0.29, 0.717) is 5.75 Å². The van der Waals surface area contributed by atoms with Crippen molar-refractivity contribution in [1.29, 1.82) is 0 Å². The summed E-state index contributed by atoms with van der Waals surface area (Å²) in [6.45, 7) is 10.3. The summed E-state index contributed by atoms with van der Waals surface area (Å²) in [5, 5.41) is 0. The quantitative estimate of drug-likeness (QED) is 0.695. The highest BCUT2D eigenvalue weighted by Gasteiger charge is 2.26. The Labute approximate surface area is 148 Å². The summed E-state index contributed by atoms with van der Waals surface area (Å²) in [7, 11) is 0. The van der Waals surface area contributed by atoms with Gasteiger partial charge in [0.15, 0.2) is 0 Å². The molecule has 1 aromatic carbocycles. The fraction of sp³-hybridized carbons (Fsp3) is 0.579. The highest BCUT2D eigenvalue weighted by atomic mass is 19.1. The van der Waals surface area contributed by atoms with Gasteiger partial charge in [-0.1, -0.05) is 13.0 Å². The Bertz CT molecular complexity index is 594. The van der Waals surface area contributed by atoms with E-state index in [0.717, 1.165) is 0 Å². The minimum Gasteiger partial charge on any atom is -0.487 e. The van der Waals surface area contributed by atoms with Crippen molar-refractivity contribution in [3.05, 3.63) is 30.1 Å². The number of benzene rings is 1. The molecule has 0 N–H and O–H groups in total. The smallest absolute Gasteiger partial charge is 0.309 e. The molecule has 6 heteroatoms. The lowest BCUT2D eigenvalue weighted by molar-refractivity contribution is -0.164. The fourth-order valence-corrected chi connectivity index (χ4v) is 1.96. The summed E-state index contributed by atoms with van der Waals surface area (Å²) in [5.41, 5.74) is -0.596. The molecule has 0 aliphatic carbocycles. The van der Waals surface area contributed by atoms with E-state index in [9.17, 15) is 14.0 Å². The van der Waals surface area contributed by atoms with Gasteiger partial charge in [0.1, 0.15) is 29.4 Å². The lowest BCUT2D eigenvalue weighted by Gasteiger charge is -2.24. The molecule has 0 spiro atoms. The summed E-state index contributed by atoms with van der Waals surface area (Å²) in [4.78, 5) is 23.9. The van der Waals surface area contributed by atoms with Crippen molar-refractivity contribution in [1.82, 2.24) is 0 Å². The lowest BCUT2D eigenvalue weighted by Crippen LogP contribution is -2.33. The highest BCUT2D eigenvalue weighted by Crippen LogP contribution is 2.18. The van der Waals surface area contributed by atoms with Crippen LogP contribution in [0.1, 0.15) is 48.0 Å². The van der Waals surface area contributed by atoms with Crippen LogP contribution < -0.4 is 4.74 Å². The Morgan fingerprint density at radius 1 is 1.12 bits per heavy atom. The van der Waals surface area contributed by atoms with Crippen LogP contribution >= 0.6 is 0 Å². The second-order valence-corrected chi connectivity index (χ2v) is 7.11. The van der Waals surface area contributed by atoms with Crippen molar-refractivity contribution in [3.63, 3.8) is 0 Å². The normalized spacial score (nSPS) is 15.0. The van der Waals surface area contributed by atoms with Crippen LogP contribution in [0, 0.1) is 11.7 Å². The SMILES string of the molecule is C[C@H](CC(=O)OC(C)(C)C)C(=O)O[C@@H](C)[C@@H](C)Oc1cccc(F)c1. The van der Waals surface area contributed by atoms with Gasteiger partial charge in [-0.05, 0) is 46.8 Å². The molecule has 0 fully saturated rings. The van der Waals surface area contributed by atoms with Gasteiger partial charge in [0, 0.05) is 6.07 Å². The molecule has 25 heavy (non-hydrogen) atoms. The Morgan fingerprint density at radius 3 is 2.32 bits per heavy atom. The minimum absolute atomic E-state index is 0.0536. The number of ether oxygens (including phenoxy) is 3. The molecule has 0 aliphatic heterocycles. The molecule has 0 radical (unpaired) electrons. The van der Waals surface area contributed by atoms with Crippen molar-refractivity contribution >= 4 is 11.9 Å². The van der Waals surface area contributed by atoms with Crippen LogP contribution in [0.3, 0.4) is 0 Å². The summed E-state index contributed by atoms with van der Waals surface area (Å²) in [6.07, 6.45) is -1.08. The van der Waals surface area contributed by atoms with Gasteiger partial charge in [-0.15, -0.1) is 0 Å². The van der Waals surface area contributed by atoms with Crippen molar-refractivity contribution < 1.29 is 28.2 Å². The van der Waals surface area contributed by atoms with E-state index in [1.807, 2.05) is 0 Å². The van der Waals surface area contributed by atoms with Crippen molar-refractivity contribution in [3.8, 4) is 5.75 Å². The third-order valence-electron chi connectivity index (χ3n) is 3.38. The van der Waals surface area contributed by atoms with E-state index in [-0.39, 0.29) is 6.42 Å². The van der Waals surface area contributed by atoms with Crippen LogP contribution in [0.5, 0.6) is 5.75 Å². The molecule has 5 nitrogen and oxygen atoms in total. The van der Waals surface area contributed by atoms with Crippen molar-refractivity contribution in [2.45, 2.75) is 65.8 Å². The van der Waals surface area contributed by atoms with E-state index in [1.165, 1.54) is 18.2 Å². The molecule has 140 valence electrons. The first-order chi connectivity index (χ1) is 11.5. The third-order valence-corrected chi connectivity index (χ3v) is 3.38. The number of carbonyl (C=O) groups excluding carboxylic acids is 2. The van der Waals surface area contributed by atoms with Crippen LogP contribution in [0.25, 0.3) is 0 Å². The zero-order valence-corrected chi connectivity index (χ0v) is 15.7. The third kappa shape index (κ3) is 8.01. The van der Waals surface area contributed by atoms with E-state index in [4.69, 9.17) is 14.2 Å². The summed E-state index contributed by atoms with van der Waals surface area (Å²) in [6, 6.07) is 5.74. The predicted molar refractivity (Wildman–Crippen MR) is 91.7 cm³/mol. The molecule has 3 atom stereocenters. The van der Waals surface area contributed by atoms with Crippen LogP contribution in [-0.2, 0) is 19.1 Å². The van der Waals surface area contributed by atoms with E-state index in [2.05, 4.69) is 0 Å². The zero-order valence-electron chi connectivity index (χ0n) is 15.7. The monoisotopic (exact) mass is 354 g/mol. The van der Waals surface area contributed by atoms with E-state index < -0.39 is 41.5 Å². The molecule has 0 amide bonds. The molecule has 0 aromatic heterocycles. The average molecular weight is 354 g/mol. The van der Waals surface area contributed by atoms with Gasteiger partial charge in [-0.2, -0.15) is 0 Å². The number of halogens is 1. The van der Waals surface area contributed by atoms with Gasteiger partial charge < -0.3 is 14.2 Å². The maximum Gasteiger partial charge on any atom is 0.309 e. The predicted octanol–water partition coefficient (Wildman–Crippen LogP) is 3.89. The molecule has 0 aliphatic rings. The van der Waals surface area contributed by atoms with Gasteiger partial charge in [0.2, 0.25) is 0 Å². The van der Waals surface area contributed by atoms with Crippen LogP contribution in [-0.4, -0.2) is 29.7 Å². The molecular weight excluding hydrogens is 327 g/mol. The molecular formula is C19H27FO5. The molecule has 0 saturated heterocycles. The number of carbonyl (C=O) groups is 2. The maximum atomic E-state index is 13.2. The van der Waals surface area contributed by atoms with Gasteiger partial charge in [0.05, 0.1) is 12.3 Å². The molecule has 1 rings (SSSR count). The second-order valence-electron chi connectivity index (χ2n) is 7.11. The number of hydrogen-bond acceptors (Lipinski definition) is 5. The first-order valence-electron chi connectivity index (χ1n) is 8.32. The molecule has 1 aromatic rings. The Morgan fingerprint density at radius 2 is 1.76 bits per heavy atom. The number of esters is 2. The van der Waals surface area contributed by atoms with Gasteiger partial charge in [0.25, 0.3) is 0 Å². The minimum atomic E-state index is -0.626. The standard InChI is InChI=1S/C19H27FO5/c1-12(10-17(21)25-19(4,5)6)18(22)24-14(3)13(2)23-16-9-7-8-15(20)11-16/h7-9,11-14H,10H2,1-6H3/t12-,13-,14+/m1/s1. The van der Waals surface area contributed by atoms with Crippen LogP contribution in [0.2, 0.25) is 0 Å². The summed E-state index contributed by atoms with van der Waals surface area (Å²) < 4.78 is 29.3. The van der Waals surface area contributed by atoms with Gasteiger partial charge in [-0.3, -0.25) is 9.59 Å². The molecule has 0 heterocycles. The largest absolute Gasteiger partial charge is 0.487 e. The lowest BCUT2D eigenvalue weighted by atomic mass is 10.1. The zero-order chi connectivity index (χ0) is 19.2. The average Bonchev–Trinajstić information content (AvgIpc) is 2.44. The van der Waals surface area contributed by atoms with Crippen LogP contribution in [0.15, 0.2) is 24.3 Å². The molecule has 0 saturated carbocycles. The van der Waals surface area contributed by atoms with Crippen molar-refractivity contribution in [2.75, 3.05) is 0 Å². The molecule has 0 unspecified atom stereocenters. The topological polar surface area (TPSA) is 61.8 Å². The summed E-state index contributed by atoms with van der Waals surface area (Å²) in [5.74, 6) is -1.63. The maximum absolute atomic E-state index is 13.2. The van der Waals surface area contributed by atoms with Crippen molar-refractivity contribution in [2.24, 2.45) is 5.92 Å². The Balaban J connectivity index is 2.50. The van der Waals surface area contributed by atoms with Gasteiger partial charge in [-0.25, -0.2) is 4.39 Å².